The Hall–Kier alpha value is -3.48. The third kappa shape index (κ3) is 2.95. The van der Waals surface area contributed by atoms with Crippen LogP contribution in [0.1, 0.15) is 38.2 Å². The zero-order valence-corrected chi connectivity index (χ0v) is 18.8. The summed E-state index contributed by atoms with van der Waals surface area (Å²) in [6, 6.07) is 4.89. The molecule has 2 amide bonds. The normalized spacial score (nSPS) is 28.9. The van der Waals surface area contributed by atoms with Gasteiger partial charge >= 0.3 is 0 Å². The van der Waals surface area contributed by atoms with Crippen molar-refractivity contribution >= 4 is 23.4 Å². The van der Waals surface area contributed by atoms with E-state index in [-0.39, 0.29) is 47.2 Å². The number of carbonyl (C=O) groups excluding carboxylic acids is 4. The van der Waals surface area contributed by atoms with Crippen LogP contribution < -0.4 is 4.74 Å². The van der Waals surface area contributed by atoms with E-state index in [4.69, 9.17) is 4.74 Å². The Balaban J connectivity index is 1.71. The second-order valence-electron chi connectivity index (χ2n) is 9.08. The molecule has 7 heteroatoms. The molecule has 4 atom stereocenters. The van der Waals surface area contributed by atoms with Gasteiger partial charge in [0.1, 0.15) is 0 Å². The fourth-order valence-electron chi connectivity index (χ4n) is 6.01. The first-order chi connectivity index (χ1) is 15.8. The molecule has 1 heterocycles. The maximum atomic E-state index is 13.2. The van der Waals surface area contributed by atoms with Gasteiger partial charge in [-0.3, -0.25) is 24.1 Å². The molecule has 1 fully saturated rings. The van der Waals surface area contributed by atoms with Gasteiger partial charge in [0.15, 0.2) is 23.1 Å². The number of ether oxygens (including phenoxy) is 1. The number of imide groups is 1. The van der Waals surface area contributed by atoms with Crippen LogP contribution in [0.15, 0.2) is 52.6 Å². The third-order valence-electron chi connectivity index (χ3n) is 7.51. The Kier molecular flexibility index (Phi) is 4.88. The summed E-state index contributed by atoms with van der Waals surface area (Å²) in [7, 11) is 1.45. The first-order valence-electron chi connectivity index (χ1n) is 11.2. The number of phenolic OH excluding ortho intramolecular Hbond substituents is 1. The van der Waals surface area contributed by atoms with Crippen LogP contribution in [0.25, 0.3) is 0 Å². The molecule has 1 aromatic carbocycles. The number of ketones is 2. The molecule has 0 bridgehead atoms. The summed E-state index contributed by atoms with van der Waals surface area (Å²) in [6.07, 6.45) is 4.04. The lowest BCUT2D eigenvalue weighted by Gasteiger charge is -2.42. The Morgan fingerprint density at radius 2 is 1.88 bits per heavy atom. The van der Waals surface area contributed by atoms with Gasteiger partial charge in [0, 0.05) is 29.2 Å². The highest BCUT2D eigenvalue weighted by atomic mass is 16.5. The summed E-state index contributed by atoms with van der Waals surface area (Å²) >= 11 is 0. The molecular formula is C26H25NO6. The maximum Gasteiger partial charge on any atom is 0.233 e. The van der Waals surface area contributed by atoms with E-state index in [2.05, 4.69) is 0 Å². The number of likely N-dealkylation sites (tertiary alicyclic amines) is 1. The van der Waals surface area contributed by atoms with Gasteiger partial charge in [-0.2, -0.15) is 0 Å². The molecule has 0 aromatic heterocycles. The van der Waals surface area contributed by atoms with E-state index in [1.807, 2.05) is 6.08 Å². The highest BCUT2D eigenvalue weighted by molar-refractivity contribution is 6.23. The molecule has 1 N–H and O–H groups in total. The number of amides is 2. The molecule has 1 aromatic rings. The predicted octanol–water partition coefficient (Wildman–Crippen LogP) is 2.85. The number of benzene rings is 1. The Morgan fingerprint density at radius 1 is 1.12 bits per heavy atom. The number of rotatable bonds is 3. The zero-order valence-electron chi connectivity index (χ0n) is 18.8. The zero-order chi connectivity index (χ0) is 23.6. The van der Waals surface area contributed by atoms with Crippen molar-refractivity contribution in [3.05, 3.63) is 58.2 Å². The number of hydrogen-bond donors (Lipinski definition) is 1. The number of phenols is 1. The molecule has 0 radical (unpaired) electrons. The second-order valence-corrected chi connectivity index (χ2v) is 9.08. The average Bonchev–Trinajstić information content (AvgIpc) is 3.06. The van der Waals surface area contributed by atoms with Gasteiger partial charge in [0.2, 0.25) is 11.8 Å². The topological polar surface area (TPSA) is 101 Å². The monoisotopic (exact) mass is 447 g/mol. The second kappa shape index (κ2) is 7.54. The van der Waals surface area contributed by atoms with Crippen LogP contribution in [0.2, 0.25) is 0 Å². The summed E-state index contributed by atoms with van der Waals surface area (Å²) in [5.74, 6) is -2.40. The van der Waals surface area contributed by atoms with Crippen molar-refractivity contribution in [1.29, 1.82) is 0 Å². The summed E-state index contributed by atoms with van der Waals surface area (Å²) in [4.78, 5) is 53.8. The van der Waals surface area contributed by atoms with Crippen molar-refractivity contribution in [2.24, 2.45) is 17.8 Å². The maximum absolute atomic E-state index is 13.2. The highest BCUT2D eigenvalue weighted by Crippen LogP contribution is 2.55. The lowest BCUT2D eigenvalue weighted by atomic mass is 9.59. The van der Waals surface area contributed by atoms with Crippen molar-refractivity contribution in [2.75, 3.05) is 13.7 Å². The van der Waals surface area contributed by atoms with Crippen molar-refractivity contribution in [3.8, 4) is 11.5 Å². The molecule has 0 spiro atoms. The van der Waals surface area contributed by atoms with E-state index < -0.39 is 17.8 Å². The van der Waals surface area contributed by atoms with Crippen LogP contribution in [-0.4, -0.2) is 47.0 Å². The van der Waals surface area contributed by atoms with E-state index in [1.165, 1.54) is 24.2 Å². The van der Waals surface area contributed by atoms with Crippen LogP contribution in [0.5, 0.6) is 11.5 Å². The summed E-state index contributed by atoms with van der Waals surface area (Å²) in [6.45, 7) is 3.73. The Bertz CT molecular complexity index is 1220. The molecule has 0 unspecified atom stereocenters. The molecule has 3 aliphatic carbocycles. The van der Waals surface area contributed by atoms with Gasteiger partial charge in [-0.05, 0) is 56.4 Å². The van der Waals surface area contributed by atoms with Crippen molar-refractivity contribution in [2.45, 2.75) is 32.6 Å². The number of Topliss-reactive ketones (excluding diaryl/α,β-unsaturated/α-hetero) is 1. The van der Waals surface area contributed by atoms with Crippen LogP contribution in [0.4, 0.5) is 0 Å². The van der Waals surface area contributed by atoms with Gasteiger partial charge in [-0.25, -0.2) is 0 Å². The van der Waals surface area contributed by atoms with Gasteiger partial charge in [-0.1, -0.05) is 17.7 Å². The summed E-state index contributed by atoms with van der Waals surface area (Å²) < 4.78 is 5.29. The molecule has 4 aliphatic rings. The van der Waals surface area contributed by atoms with E-state index in [9.17, 15) is 24.3 Å². The molecule has 7 nitrogen and oxygen atoms in total. The smallest absolute Gasteiger partial charge is 0.233 e. The number of aromatic hydroxyl groups is 1. The van der Waals surface area contributed by atoms with Gasteiger partial charge in [0.25, 0.3) is 0 Å². The molecule has 5 rings (SSSR count). The van der Waals surface area contributed by atoms with Crippen LogP contribution in [-0.2, 0) is 19.2 Å². The number of nitrogens with zero attached hydrogens (tertiary/aromatic N) is 1. The van der Waals surface area contributed by atoms with Crippen LogP contribution in [0, 0.1) is 17.8 Å². The van der Waals surface area contributed by atoms with E-state index in [0.29, 0.717) is 35.2 Å². The SMILES string of the molecule is CCN1C(=O)[C@H]2[C@H](CC=C3[C@H](c4ccc(O)c(OC)c4)C4=C(C[C@H]32)C(=O)C(C)=CC4=O)C1=O. The number of methoxy groups -OCH3 is 1. The summed E-state index contributed by atoms with van der Waals surface area (Å²) in [5.41, 5.74) is 2.81. The predicted molar refractivity (Wildman–Crippen MR) is 118 cm³/mol. The fourth-order valence-corrected chi connectivity index (χ4v) is 6.01. The minimum absolute atomic E-state index is 0.0301. The van der Waals surface area contributed by atoms with Crippen LogP contribution >= 0.6 is 0 Å². The largest absolute Gasteiger partial charge is 0.504 e. The molecular weight excluding hydrogens is 422 g/mol. The lowest BCUT2D eigenvalue weighted by Crippen LogP contribution is -2.39. The lowest BCUT2D eigenvalue weighted by molar-refractivity contribution is -0.139. The van der Waals surface area contributed by atoms with E-state index in [0.717, 1.165) is 5.57 Å². The van der Waals surface area contributed by atoms with Gasteiger partial charge in [-0.15, -0.1) is 0 Å². The van der Waals surface area contributed by atoms with Crippen molar-refractivity contribution in [3.63, 3.8) is 0 Å². The first-order valence-corrected chi connectivity index (χ1v) is 11.2. The minimum atomic E-state index is -0.548. The van der Waals surface area contributed by atoms with Gasteiger partial charge in [0.05, 0.1) is 18.9 Å². The first kappa shape index (κ1) is 21.4. The number of allylic oxidation sites excluding steroid dienone is 6. The van der Waals surface area contributed by atoms with E-state index >= 15 is 0 Å². The van der Waals surface area contributed by atoms with Gasteiger partial charge < -0.3 is 9.84 Å². The van der Waals surface area contributed by atoms with Crippen molar-refractivity contribution in [1.82, 2.24) is 4.90 Å². The standard InChI is InChI=1S/C26H25NO6/c1-4-27-25(31)15-7-6-14-16(22(15)26(27)32)11-17-23(19(29)9-12(2)24(17)30)21(14)13-5-8-18(28)20(10-13)33-3/h5-6,8-10,15-16,21-22,28H,4,7,11H2,1-3H3/t15-,16+,21-,22-/m0/s1. The Morgan fingerprint density at radius 3 is 2.58 bits per heavy atom. The fraction of sp³-hybridized carbons (Fsp3) is 0.385. The highest BCUT2D eigenvalue weighted by Gasteiger charge is 2.55. The third-order valence-corrected chi connectivity index (χ3v) is 7.51. The molecule has 1 aliphatic heterocycles. The minimum Gasteiger partial charge on any atom is -0.504 e. The summed E-state index contributed by atoms with van der Waals surface area (Å²) in [5, 5.41) is 10.1. The Labute approximate surface area is 191 Å². The number of carbonyl (C=O) groups is 4. The van der Waals surface area contributed by atoms with E-state index in [1.54, 1.807) is 26.0 Å². The number of hydrogen-bond acceptors (Lipinski definition) is 6. The van der Waals surface area contributed by atoms with Crippen molar-refractivity contribution < 1.29 is 29.0 Å². The molecule has 0 saturated carbocycles. The molecule has 1 saturated heterocycles. The molecule has 170 valence electrons. The molecule has 33 heavy (non-hydrogen) atoms. The number of fused-ring (bicyclic) bond motifs is 3. The average molecular weight is 447 g/mol. The van der Waals surface area contributed by atoms with Crippen LogP contribution in [0.3, 0.4) is 0 Å². The quantitative estimate of drug-likeness (QED) is 0.434.